The first kappa shape index (κ1) is 13.6. The van der Waals surface area contributed by atoms with Gasteiger partial charge in [-0.3, -0.25) is 4.79 Å². The molecule has 0 bridgehead atoms. The number of ether oxygens (including phenoxy) is 1. The molecule has 102 valence electrons. The van der Waals surface area contributed by atoms with Crippen LogP contribution in [0.15, 0.2) is 15.6 Å². The lowest BCUT2D eigenvalue weighted by Crippen LogP contribution is -2.49. The number of rotatable bonds is 4. The number of β-lactam (4-membered cyclic amide) rings is 1. The van der Waals surface area contributed by atoms with Gasteiger partial charge in [-0.15, -0.1) is 11.8 Å². The minimum Gasteiger partial charge on any atom is -0.477 e. The van der Waals surface area contributed by atoms with E-state index in [0.29, 0.717) is 23.5 Å². The van der Waals surface area contributed by atoms with Crippen LogP contribution in [0.3, 0.4) is 0 Å². The van der Waals surface area contributed by atoms with Crippen LogP contribution >= 0.6 is 11.8 Å². The van der Waals surface area contributed by atoms with Crippen molar-refractivity contribution in [2.24, 2.45) is 4.99 Å². The molecule has 1 saturated heterocycles. The van der Waals surface area contributed by atoms with E-state index in [-0.39, 0.29) is 17.6 Å². The Bertz CT molecular complexity index is 499. The van der Waals surface area contributed by atoms with Crippen LogP contribution in [0.2, 0.25) is 0 Å². The maximum Gasteiger partial charge on any atom is 0.432 e. The lowest BCUT2D eigenvalue weighted by atomic mass is 10.0. The molecule has 1 atom stereocenters. The molecule has 2 heterocycles. The minimum atomic E-state index is -1.09. The molecular formula is C11H12N2O5S. The summed E-state index contributed by atoms with van der Waals surface area (Å²) in [6, 6.07) is -0.0151. The highest BCUT2D eigenvalue weighted by atomic mass is 32.2. The monoisotopic (exact) mass is 284 g/mol. The van der Waals surface area contributed by atoms with Gasteiger partial charge in [0.1, 0.15) is 5.70 Å². The number of carbonyl (C=O) groups excluding carboxylic acids is 2. The molecule has 0 aromatic rings. The Morgan fingerprint density at radius 3 is 2.89 bits per heavy atom. The van der Waals surface area contributed by atoms with Crippen LogP contribution in [0.1, 0.15) is 12.8 Å². The largest absolute Gasteiger partial charge is 0.477 e. The fourth-order valence-corrected chi connectivity index (χ4v) is 3.03. The Morgan fingerprint density at radius 1 is 1.58 bits per heavy atom. The summed E-state index contributed by atoms with van der Waals surface area (Å²) in [4.78, 5) is 38.7. The number of fused-ring (bicyclic) bond motifs is 1. The summed E-state index contributed by atoms with van der Waals surface area (Å²) in [6.45, 7) is 0. The first-order valence-electron chi connectivity index (χ1n) is 5.56. The van der Waals surface area contributed by atoms with Crippen LogP contribution in [-0.2, 0) is 14.3 Å². The highest BCUT2D eigenvalue weighted by Gasteiger charge is 2.47. The van der Waals surface area contributed by atoms with Crippen LogP contribution in [0.4, 0.5) is 4.79 Å². The molecule has 8 heteroatoms. The van der Waals surface area contributed by atoms with Gasteiger partial charge in [0, 0.05) is 29.7 Å². The number of hydrogen-bond donors (Lipinski definition) is 1. The summed E-state index contributed by atoms with van der Waals surface area (Å²) in [5, 5.41) is 9.13. The third-order valence-corrected chi connectivity index (χ3v) is 3.90. The Kier molecular flexibility index (Phi) is 3.89. The van der Waals surface area contributed by atoms with E-state index in [4.69, 9.17) is 5.11 Å². The van der Waals surface area contributed by atoms with E-state index in [0.717, 1.165) is 0 Å². The van der Waals surface area contributed by atoms with Crippen molar-refractivity contribution < 1.29 is 24.2 Å². The first-order chi connectivity index (χ1) is 9.04. The number of carbonyl (C=O) groups is 3. The van der Waals surface area contributed by atoms with Gasteiger partial charge in [0.05, 0.1) is 13.2 Å². The lowest BCUT2D eigenvalue weighted by Gasteiger charge is -2.34. The van der Waals surface area contributed by atoms with E-state index in [2.05, 4.69) is 9.73 Å². The maximum atomic E-state index is 11.4. The number of thioether (sulfide) groups is 1. The van der Waals surface area contributed by atoms with E-state index in [9.17, 15) is 14.4 Å². The average Bonchev–Trinajstić information content (AvgIpc) is 2.67. The van der Waals surface area contributed by atoms with Gasteiger partial charge in [-0.05, 0) is 0 Å². The third kappa shape index (κ3) is 2.62. The molecule has 0 aromatic carbocycles. The normalized spacial score (nSPS) is 21.6. The molecule has 0 spiro atoms. The molecule has 2 aliphatic rings. The second-order valence-corrected chi connectivity index (χ2v) is 5.11. The van der Waals surface area contributed by atoms with Crippen molar-refractivity contribution in [1.82, 2.24) is 4.90 Å². The molecule has 2 aliphatic heterocycles. The summed E-state index contributed by atoms with van der Waals surface area (Å²) in [5.74, 6) is -0.889. The minimum absolute atomic E-state index is 0.0151. The van der Waals surface area contributed by atoms with E-state index in [1.165, 1.54) is 30.0 Å². The van der Waals surface area contributed by atoms with Crippen molar-refractivity contribution in [3.05, 3.63) is 10.6 Å². The van der Waals surface area contributed by atoms with Crippen molar-refractivity contribution >= 4 is 35.9 Å². The topological polar surface area (TPSA) is 96.3 Å². The van der Waals surface area contributed by atoms with Crippen molar-refractivity contribution in [3.63, 3.8) is 0 Å². The lowest BCUT2D eigenvalue weighted by molar-refractivity contribution is -0.147. The van der Waals surface area contributed by atoms with Crippen LogP contribution in [0.5, 0.6) is 0 Å². The molecule has 19 heavy (non-hydrogen) atoms. The highest BCUT2D eigenvalue weighted by molar-refractivity contribution is 8.03. The molecule has 0 radical (unpaired) electrons. The first-order valence-corrected chi connectivity index (χ1v) is 6.55. The van der Waals surface area contributed by atoms with E-state index in [1.807, 2.05) is 0 Å². The van der Waals surface area contributed by atoms with Gasteiger partial charge in [0.15, 0.2) is 0 Å². The fourth-order valence-electron chi connectivity index (χ4n) is 2.05. The molecule has 2 rings (SSSR count). The van der Waals surface area contributed by atoms with Gasteiger partial charge in [-0.1, -0.05) is 0 Å². The fraction of sp³-hybridized carbons (Fsp3) is 0.455. The predicted octanol–water partition coefficient (Wildman–Crippen LogP) is 0.858. The molecule has 0 saturated carbocycles. The van der Waals surface area contributed by atoms with Crippen LogP contribution in [-0.4, -0.2) is 53.1 Å². The van der Waals surface area contributed by atoms with E-state index < -0.39 is 12.1 Å². The van der Waals surface area contributed by atoms with Gasteiger partial charge < -0.3 is 14.7 Å². The molecule has 1 N–H and O–H groups in total. The zero-order valence-corrected chi connectivity index (χ0v) is 11.0. The van der Waals surface area contributed by atoms with Crippen LogP contribution < -0.4 is 0 Å². The van der Waals surface area contributed by atoms with Crippen LogP contribution in [0, 0.1) is 0 Å². The molecule has 1 fully saturated rings. The molecule has 0 aliphatic carbocycles. The standard InChI is InChI=1S/C11H12N2O5S/c1-18-11(17)12-2-3-19-7-4-6-5-8(14)13(6)9(7)10(15)16/h2,6H,3-5H2,1H3,(H,15,16). The Hall–Kier alpha value is -1.83. The summed E-state index contributed by atoms with van der Waals surface area (Å²) in [5.41, 5.74) is 0.0673. The number of hydrogen-bond acceptors (Lipinski definition) is 5. The summed E-state index contributed by atoms with van der Waals surface area (Å²) < 4.78 is 4.33. The molecular weight excluding hydrogens is 272 g/mol. The number of nitrogens with zero attached hydrogens (tertiary/aromatic N) is 2. The van der Waals surface area contributed by atoms with E-state index >= 15 is 0 Å². The second kappa shape index (κ2) is 5.43. The number of methoxy groups -OCH3 is 1. The number of aliphatic imine (C=N–C) groups is 1. The number of aliphatic carboxylic acids is 1. The second-order valence-electron chi connectivity index (χ2n) is 4.00. The van der Waals surface area contributed by atoms with Crippen molar-refractivity contribution in [2.45, 2.75) is 18.9 Å². The molecule has 0 aromatic heterocycles. The molecule has 1 unspecified atom stereocenters. The zero-order valence-electron chi connectivity index (χ0n) is 10.2. The third-order valence-electron chi connectivity index (χ3n) is 2.88. The van der Waals surface area contributed by atoms with Crippen molar-refractivity contribution in [1.29, 1.82) is 0 Å². The molecule has 7 nitrogen and oxygen atoms in total. The van der Waals surface area contributed by atoms with Crippen molar-refractivity contribution in [3.8, 4) is 0 Å². The Labute approximate surface area is 113 Å². The van der Waals surface area contributed by atoms with Gasteiger partial charge >= 0.3 is 12.1 Å². The van der Waals surface area contributed by atoms with Gasteiger partial charge in [0.25, 0.3) is 0 Å². The van der Waals surface area contributed by atoms with Gasteiger partial charge in [-0.2, -0.15) is 4.99 Å². The zero-order chi connectivity index (χ0) is 14.0. The molecule has 2 amide bonds. The summed E-state index contributed by atoms with van der Waals surface area (Å²) in [6.07, 6.45) is 1.63. The van der Waals surface area contributed by atoms with Crippen LogP contribution in [0.25, 0.3) is 0 Å². The van der Waals surface area contributed by atoms with Gasteiger partial charge in [0.2, 0.25) is 5.91 Å². The smallest absolute Gasteiger partial charge is 0.432 e. The maximum absolute atomic E-state index is 11.4. The summed E-state index contributed by atoms with van der Waals surface area (Å²) in [7, 11) is 1.23. The number of carboxylic acid groups (broad SMARTS) is 1. The van der Waals surface area contributed by atoms with Crippen molar-refractivity contribution in [2.75, 3.05) is 12.9 Å². The van der Waals surface area contributed by atoms with E-state index in [1.54, 1.807) is 0 Å². The van der Waals surface area contributed by atoms with Gasteiger partial charge in [-0.25, -0.2) is 9.59 Å². The Balaban J connectivity index is 2.00. The highest BCUT2D eigenvalue weighted by Crippen LogP contribution is 2.42. The quantitative estimate of drug-likeness (QED) is 0.607. The SMILES string of the molecule is COC(=O)N=CCSC1=C(C(=O)O)N2C(=O)CC2C1. The number of amides is 2. The average molecular weight is 284 g/mol. The Morgan fingerprint density at radius 2 is 2.32 bits per heavy atom. The summed E-state index contributed by atoms with van der Waals surface area (Å²) >= 11 is 1.27. The predicted molar refractivity (Wildman–Crippen MR) is 67.9 cm³/mol. The number of carboxylic acids is 1.